The van der Waals surface area contributed by atoms with Gasteiger partial charge in [0.25, 0.3) is 5.95 Å². The highest BCUT2D eigenvalue weighted by molar-refractivity contribution is 5.87. The van der Waals surface area contributed by atoms with Crippen molar-refractivity contribution in [1.29, 1.82) is 0 Å². The number of aromatic hydroxyl groups is 1. The summed E-state index contributed by atoms with van der Waals surface area (Å²) in [6.07, 6.45) is 3.71. The molecule has 0 spiro atoms. The van der Waals surface area contributed by atoms with Crippen molar-refractivity contribution in [3.8, 4) is 17.6 Å². The molecule has 0 fully saturated rings. The predicted molar refractivity (Wildman–Crippen MR) is 76.9 cm³/mol. The SMILES string of the molecule is O=C(Nc1cnc(-n2cccn2)nc1O)Oc1ccccc1. The molecule has 8 heteroatoms. The van der Waals surface area contributed by atoms with Gasteiger partial charge >= 0.3 is 6.09 Å². The van der Waals surface area contributed by atoms with Crippen LogP contribution < -0.4 is 10.1 Å². The van der Waals surface area contributed by atoms with Crippen LogP contribution in [0, 0.1) is 0 Å². The van der Waals surface area contributed by atoms with E-state index >= 15 is 0 Å². The van der Waals surface area contributed by atoms with Crippen LogP contribution in [0.2, 0.25) is 0 Å². The third-order valence-corrected chi connectivity index (χ3v) is 2.66. The number of rotatable bonds is 3. The minimum atomic E-state index is -0.753. The van der Waals surface area contributed by atoms with Gasteiger partial charge in [-0.05, 0) is 18.2 Å². The molecule has 22 heavy (non-hydrogen) atoms. The summed E-state index contributed by atoms with van der Waals surface area (Å²) in [6.45, 7) is 0. The van der Waals surface area contributed by atoms with Crippen molar-refractivity contribution in [3.05, 3.63) is 55.0 Å². The average Bonchev–Trinajstić information content (AvgIpc) is 3.04. The number of hydrogen-bond donors (Lipinski definition) is 2. The van der Waals surface area contributed by atoms with E-state index in [1.807, 2.05) is 0 Å². The Morgan fingerprint density at radius 2 is 2.05 bits per heavy atom. The average molecular weight is 297 g/mol. The lowest BCUT2D eigenvalue weighted by Crippen LogP contribution is -2.17. The number of nitrogens with zero attached hydrogens (tertiary/aromatic N) is 4. The summed E-state index contributed by atoms with van der Waals surface area (Å²) >= 11 is 0. The van der Waals surface area contributed by atoms with Crippen LogP contribution in [0.4, 0.5) is 10.5 Å². The number of hydrogen-bond acceptors (Lipinski definition) is 6. The number of aromatic nitrogens is 4. The fourth-order valence-corrected chi connectivity index (χ4v) is 1.68. The highest BCUT2D eigenvalue weighted by Crippen LogP contribution is 2.20. The molecule has 3 aromatic rings. The van der Waals surface area contributed by atoms with E-state index in [2.05, 4.69) is 20.4 Å². The quantitative estimate of drug-likeness (QED) is 0.766. The fourth-order valence-electron chi connectivity index (χ4n) is 1.68. The molecule has 0 atom stereocenters. The largest absolute Gasteiger partial charge is 0.492 e. The van der Waals surface area contributed by atoms with Gasteiger partial charge in [-0.3, -0.25) is 5.32 Å². The summed E-state index contributed by atoms with van der Waals surface area (Å²) in [5.41, 5.74) is 0.0387. The Bertz CT molecular complexity index is 774. The number of benzene rings is 1. The molecule has 0 aliphatic rings. The molecule has 8 nitrogen and oxygen atoms in total. The molecule has 0 bridgehead atoms. The van der Waals surface area contributed by atoms with Gasteiger partial charge in [-0.15, -0.1) is 0 Å². The van der Waals surface area contributed by atoms with Crippen LogP contribution >= 0.6 is 0 Å². The summed E-state index contributed by atoms with van der Waals surface area (Å²) in [5.74, 6) is 0.184. The van der Waals surface area contributed by atoms with Gasteiger partial charge in [0.2, 0.25) is 5.88 Å². The van der Waals surface area contributed by atoms with Crippen molar-refractivity contribution in [1.82, 2.24) is 19.7 Å². The van der Waals surface area contributed by atoms with Crippen molar-refractivity contribution in [3.63, 3.8) is 0 Å². The molecule has 3 rings (SSSR count). The molecule has 0 aliphatic carbocycles. The van der Waals surface area contributed by atoms with E-state index in [1.54, 1.807) is 48.8 Å². The van der Waals surface area contributed by atoms with Crippen LogP contribution in [0.25, 0.3) is 5.95 Å². The Hall–Kier alpha value is -3.42. The zero-order valence-corrected chi connectivity index (χ0v) is 11.2. The predicted octanol–water partition coefficient (Wildman–Crippen LogP) is 1.98. The molecule has 1 aromatic carbocycles. The topological polar surface area (TPSA) is 102 Å². The maximum atomic E-state index is 11.7. The van der Waals surface area contributed by atoms with Crippen molar-refractivity contribution in [2.75, 3.05) is 5.32 Å². The molecule has 2 aromatic heterocycles. The lowest BCUT2D eigenvalue weighted by atomic mass is 10.3. The highest BCUT2D eigenvalue weighted by Gasteiger charge is 2.12. The zero-order chi connectivity index (χ0) is 15.4. The Morgan fingerprint density at radius 1 is 1.23 bits per heavy atom. The summed E-state index contributed by atoms with van der Waals surface area (Å²) in [4.78, 5) is 19.6. The summed E-state index contributed by atoms with van der Waals surface area (Å²) in [7, 11) is 0. The normalized spacial score (nSPS) is 10.2. The summed E-state index contributed by atoms with van der Waals surface area (Å²) in [6, 6.07) is 10.2. The second kappa shape index (κ2) is 5.92. The van der Waals surface area contributed by atoms with E-state index in [9.17, 15) is 9.90 Å². The number of carbonyl (C=O) groups excluding carboxylic acids is 1. The molecule has 110 valence electrons. The van der Waals surface area contributed by atoms with Crippen LogP contribution in [0.1, 0.15) is 0 Å². The Kier molecular flexibility index (Phi) is 3.65. The van der Waals surface area contributed by atoms with E-state index in [4.69, 9.17) is 4.74 Å². The lowest BCUT2D eigenvalue weighted by Gasteiger charge is -2.08. The van der Waals surface area contributed by atoms with Gasteiger partial charge in [-0.2, -0.15) is 10.1 Å². The van der Waals surface area contributed by atoms with Crippen molar-refractivity contribution >= 4 is 11.8 Å². The van der Waals surface area contributed by atoms with Crippen molar-refractivity contribution in [2.24, 2.45) is 0 Å². The third kappa shape index (κ3) is 3.01. The first-order valence-corrected chi connectivity index (χ1v) is 6.32. The number of carbonyl (C=O) groups is 1. The molecular formula is C14H11N5O3. The Labute approximate surface area is 125 Å². The molecule has 0 aliphatic heterocycles. The van der Waals surface area contributed by atoms with Gasteiger partial charge < -0.3 is 9.84 Å². The third-order valence-electron chi connectivity index (χ3n) is 2.66. The number of amides is 1. The molecule has 2 N–H and O–H groups in total. The van der Waals surface area contributed by atoms with Gasteiger partial charge in [0.05, 0.1) is 6.20 Å². The summed E-state index contributed by atoms with van der Waals surface area (Å²) < 4.78 is 6.42. The number of ether oxygens (including phenoxy) is 1. The Morgan fingerprint density at radius 3 is 2.73 bits per heavy atom. The van der Waals surface area contributed by atoms with E-state index < -0.39 is 6.09 Å². The van der Waals surface area contributed by atoms with Gasteiger partial charge in [0.15, 0.2) is 0 Å². The van der Waals surface area contributed by atoms with Gasteiger partial charge in [-0.1, -0.05) is 18.2 Å². The van der Waals surface area contributed by atoms with Crippen LogP contribution in [-0.4, -0.2) is 30.9 Å². The molecule has 1 amide bonds. The monoisotopic (exact) mass is 297 g/mol. The molecule has 0 saturated carbocycles. The second-order valence-electron chi connectivity index (χ2n) is 4.19. The molecule has 0 saturated heterocycles. The first-order valence-electron chi connectivity index (χ1n) is 6.32. The molecule has 0 radical (unpaired) electrons. The molecule has 2 heterocycles. The zero-order valence-electron chi connectivity index (χ0n) is 11.2. The van der Waals surface area contributed by atoms with E-state index in [-0.39, 0.29) is 17.5 Å². The van der Waals surface area contributed by atoms with Gasteiger partial charge in [0, 0.05) is 12.4 Å². The number of anilines is 1. The van der Waals surface area contributed by atoms with Crippen molar-refractivity contribution < 1.29 is 14.6 Å². The maximum absolute atomic E-state index is 11.7. The van der Waals surface area contributed by atoms with E-state index in [1.165, 1.54) is 10.9 Å². The molecular weight excluding hydrogens is 286 g/mol. The van der Waals surface area contributed by atoms with Crippen molar-refractivity contribution in [2.45, 2.75) is 0 Å². The minimum Gasteiger partial charge on any atom is -0.492 e. The van der Waals surface area contributed by atoms with E-state index in [0.717, 1.165) is 0 Å². The highest BCUT2D eigenvalue weighted by atomic mass is 16.6. The summed E-state index contributed by atoms with van der Waals surface area (Å²) in [5, 5.41) is 16.2. The smallest absolute Gasteiger partial charge is 0.417 e. The first-order chi connectivity index (χ1) is 10.7. The van der Waals surface area contributed by atoms with E-state index in [0.29, 0.717) is 5.75 Å². The standard InChI is InChI=1S/C14H11N5O3/c20-12-11(9-15-13(18-12)19-8-4-7-16-19)17-14(21)22-10-5-2-1-3-6-10/h1-9H,(H,17,21)(H,15,18,20). The van der Waals surface area contributed by atoms with Crippen LogP contribution in [0.5, 0.6) is 11.6 Å². The lowest BCUT2D eigenvalue weighted by molar-refractivity contribution is 0.215. The first kappa shape index (κ1) is 13.6. The molecule has 0 unspecified atom stereocenters. The van der Waals surface area contributed by atoms with Crippen LogP contribution in [0.15, 0.2) is 55.0 Å². The van der Waals surface area contributed by atoms with Gasteiger partial charge in [-0.25, -0.2) is 14.5 Å². The fraction of sp³-hybridized carbons (Fsp3) is 0. The minimum absolute atomic E-state index is 0.0387. The maximum Gasteiger partial charge on any atom is 0.417 e. The Balaban J connectivity index is 1.71. The van der Waals surface area contributed by atoms with Crippen LogP contribution in [0.3, 0.4) is 0 Å². The second-order valence-corrected chi connectivity index (χ2v) is 4.19. The number of nitrogens with one attached hydrogen (secondary N) is 1. The van der Waals surface area contributed by atoms with Crippen LogP contribution in [-0.2, 0) is 0 Å². The van der Waals surface area contributed by atoms with Gasteiger partial charge in [0.1, 0.15) is 11.4 Å². The number of para-hydroxylation sites is 1.